The molecular weight excluding hydrogens is 170 g/mol. The fourth-order valence-electron chi connectivity index (χ4n) is 0.949. The Balaban J connectivity index is 3.19. The molecule has 0 saturated carbocycles. The van der Waals surface area contributed by atoms with Gasteiger partial charge in [0.15, 0.2) is 11.5 Å². The minimum absolute atomic E-state index is 0.0671. The van der Waals surface area contributed by atoms with Gasteiger partial charge in [0.25, 0.3) is 0 Å². The van der Waals surface area contributed by atoms with Crippen LogP contribution in [0, 0.1) is 0 Å². The van der Waals surface area contributed by atoms with E-state index in [-0.39, 0.29) is 17.0 Å². The highest BCUT2D eigenvalue weighted by Gasteiger charge is 2.15. The van der Waals surface area contributed by atoms with Gasteiger partial charge in [0, 0.05) is 6.20 Å². The summed E-state index contributed by atoms with van der Waals surface area (Å²) in [6, 6.07) is 3.14. The summed E-state index contributed by atoms with van der Waals surface area (Å²) in [5, 5.41) is 0. The zero-order valence-electron chi connectivity index (χ0n) is 7.40. The number of ether oxygens (including phenoxy) is 1. The van der Waals surface area contributed by atoms with Gasteiger partial charge in [0.2, 0.25) is 0 Å². The number of hydrogen-bond donors (Lipinski definition) is 0. The lowest BCUT2D eigenvalue weighted by molar-refractivity contribution is 0.0590. The first-order valence-corrected chi connectivity index (χ1v) is 3.71. The van der Waals surface area contributed by atoms with Crippen LogP contribution in [-0.2, 0) is 4.74 Å². The molecule has 4 nitrogen and oxygen atoms in total. The third kappa shape index (κ3) is 1.90. The Hall–Kier alpha value is -1.71. The molecule has 4 heteroatoms. The Bertz CT molecular complexity index is 346. The van der Waals surface area contributed by atoms with Crippen molar-refractivity contribution in [2.45, 2.75) is 6.92 Å². The smallest absolute Gasteiger partial charge is 0.357 e. The standard InChI is InChI=1S/C9H9NO3/c1-6(11)7-4-3-5-10-8(7)9(12)13-2/h3-5H,1-2H3. The number of Topliss-reactive ketones (excluding diaryl/α,β-unsaturated/α-hetero) is 1. The van der Waals surface area contributed by atoms with E-state index in [1.807, 2.05) is 0 Å². The third-order valence-electron chi connectivity index (χ3n) is 1.57. The molecule has 0 N–H and O–H groups in total. The first-order chi connectivity index (χ1) is 6.16. The number of pyridine rings is 1. The molecular formula is C9H9NO3. The maximum absolute atomic E-state index is 11.1. The van der Waals surface area contributed by atoms with E-state index in [1.165, 1.54) is 20.2 Å². The lowest BCUT2D eigenvalue weighted by atomic mass is 10.1. The number of methoxy groups -OCH3 is 1. The third-order valence-corrected chi connectivity index (χ3v) is 1.57. The van der Waals surface area contributed by atoms with Crippen molar-refractivity contribution in [1.29, 1.82) is 0 Å². The average molecular weight is 179 g/mol. The Kier molecular flexibility index (Phi) is 2.74. The number of carbonyl (C=O) groups excluding carboxylic acids is 2. The Morgan fingerprint density at radius 1 is 1.46 bits per heavy atom. The first-order valence-electron chi connectivity index (χ1n) is 3.71. The van der Waals surface area contributed by atoms with Crippen LogP contribution < -0.4 is 0 Å². The van der Waals surface area contributed by atoms with Crippen molar-refractivity contribution in [3.63, 3.8) is 0 Å². The summed E-state index contributed by atoms with van der Waals surface area (Å²) in [6.07, 6.45) is 1.44. The molecule has 0 radical (unpaired) electrons. The van der Waals surface area contributed by atoms with Gasteiger partial charge in [0.05, 0.1) is 12.7 Å². The van der Waals surface area contributed by atoms with Crippen LogP contribution >= 0.6 is 0 Å². The van der Waals surface area contributed by atoms with Gasteiger partial charge in [0.1, 0.15) is 0 Å². The molecule has 0 amide bonds. The van der Waals surface area contributed by atoms with Crippen LogP contribution in [-0.4, -0.2) is 23.8 Å². The largest absolute Gasteiger partial charge is 0.464 e. The molecule has 0 aliphatic carbocycles. The average Bonchev–Trinajstić information content (AvgIpc) is 2.16. The fraction of sp³-hybridized carbons (Fsp3) is 0.222. The second-order valence-electron chi connectivity index (χ2n) is 2.45. The zero-order chi connectivity index (χ0) is 9.84. The van der Waals surface area contributed by atoms with Crippen molar-refractivity contribution in [3.8, 4) is 0 Å². The van der Waals surface area contributed by atoms with E-state index in [0.717, 1.165) is 0 Å². The number of rotatable bonds is 2. The first kappa shape index (κ1) is 9.38. The molecule has 0 fully saturated rings. The highest BCUT2D eigenvalue weighted by Crippen LogP contribution is 2.06. The molecule has 1 rings (SSSR count). The molecule has 0 aliphatic rings. The van der Waals surface area contributed by atoms with Crippen LogP contribution in [0.1, 0.15) is 27.8 Å². The normalized spacial score (nSPS) is 9.38. The Morgan fingerprint density at radius 3 is 2.69 bits per heavy atom. The Morgan fingerprint density at radius 2 is 2.15 bits per heavy atom. The maximum Gasteiger partial charge on any atom is 0.357 e. The Labute approximate surface area is 75.5 Å². The topological polar surface area (TPSA) is 56.3 Å². The molecule has 0 unspecified atom stereocenters. The molecule has 1 heterocycles. The van der Waals surface area contributed by atoms with E-state index in [1.54, 1.807) is 12.1 Å². The van der Waals surface area contributed by atoms with Gasteiger partial charge in [-0.2, -0.15) is 0 Å². The van der Waals surface area contributed by atoms with E-state index in [4.69, 9.17) is 0 Å². The van der Waals surface area contributed by atoms with Crippen molar-refractivity contribution >= 4 is 11.8 Å². The number of hydrogen-bond acceptors (Lipinski definition) is 4. The van der Waals surface area contributed by atoms with E-state index in [2.05, 4.69) is 9.72 Å². The molecule has 0 bridgehead atoms. The van der Waals surface area contributed by atoms with Gasteiger partial charge in [-0.1, -0.05) is 0 Å². The minimum Gasteiger partial charge on any atom is -0.464 e. The summed E-state index contributed by atoms with van der Waals surface area (Å²) in [5.74, 6) is -0.792. The van der Waals surface area contributed by atoms with E-state index >= 15 is 0 Å². The summed E-state index contributed by atoms with van der Waals surface area (Å²) in [5.41, 5.74) is 0.354. The molecule has 0 aliphatic heterocycles. The van der Waals surface area contributed by atoms with Crippen molar-refractivity contribution in [3.05, 3.63) is 29.6 Å². The lowest BCUT2D eigenvalue weighted by Gasteiger charge is -2.01. The van der Waals surface area contributed by atoms with E-state index in [0.29, 0.717) is 0 Å². The minimum atomic E-state index is -0.592. The van der Waals surface area contributed by atoms with Gasteiger partial charge in [-0.05, 0) is 19.1 Å². The van der Waals surface area contributed by atoms with Crippen LogP contribution in [0.15, 0.2) is 18.3 Å². The fourth-order valence-corrected chi connectivity index (χ4v) is 0.949. The van der Waals surface area contributed by atoms with Crippen molar-refractivity contribution in [2.75, 3.05) is 7.11 Å². The number of nitrogens with zero attached hydrogens (tertiary/aromatic N) is 1. The van der Waals surface area contributed by atoms with E-state index in [9.17, 15) is 9.59 Å². The molecule has 0 saturated heterocycles. The van der Waals surface area contributed by atoms with Crippen LogP contribution in [0.2, 0.25) is 0 Å². The molecule has 1 aromatic heterocycles. The van der Waals surface area contributed by atoms with Crippen LogP contribution in [0.4, 0.5) is 0 Å². The summed E-state index contributed by atoms with van der Waals surface area (Å²) in [4.78, 5) is 25.9. The van der Waals surface area contributed by atoms with Crippen molar-refractivity contribution in [2.24, 2.45) is 0 Å². The summed E-state index contributed by atoms with van der Waals surface area (Å²) in [6.45, 7) is 1.38. The summed E-state index contributed by atoms with van der Waals surface area (Å²) < 4.78 is 4.47. The quantitative estimate of drug-likeness (QED) is 0.503. The zero-order valence-corrected chi connectivity index (χ0v) is 7.40. The van der Waals surface area contributed by atoms with Crippen molar-refractivity contribution < 1.29 is 14.3 Å². The molecule has 0 atom stereocenters. The predicted molar refractivity (Wildman–Crippen MR) is 45.6 cm³/mol. The number of esters is 1. The van der Waals surface area contributed by atoms with Crippen molar-refractivity contribution in [1.82, 2.24) is 4.98 Å². The number of ketones is 1. The van der Waals surface area contributed by atoms with E-state index < -0.39 is 5.97 Å². The molecule has 0 aromatic carbocycles. The molecule has 0 spiro atoms. The second-order valence-corrected chi connectivity index (χ2v) is 2.45. The SMILES string of the molecule is COC(=O)c1ncccc1C(C)=O. The number of carbonyl (C=O) groups is 2. The second kappa shape index (κ2) is 3.80. The highest BCUT2D eigenvalue weighted by molar-refractivity contribution is 6.03. The van der Waals surface area contributed by atoms with Gasteiger partial charge in [-0.3, -0.25) is 4.79 Å². The summed E-state index contributed by atoms with van der Waals surface area (Å²) >= 11 is 0. The number of aromatic nitrogens is 1. The maximum atomic E-state index is 11.1. The highest BCUT2D eigenvalue weighted by atomic mass is 16.5. The van der Waals surface area contributed by atoms with Crippen LogP contribution in [0.25, 0.3) is 0 Å². The van der Waals surface area contributed by atoms with Gasteiger partial charge < -0.3 is 4.74 Å². The lowest BCUT2D eigenvalue weighted by Crippen LogP contribution is -2.10. The van der Waals surface area contributed by atoms with Gasteiger partial charge in [-0.15, -0.1) is 0 Å². The van der Waals surface area contributed by atoms with Gasteiger partial charge in [-0.25, -0.2) is 9.78 Å². The van der Waals surface area contributed by atoms with Crippen LogP contribution in [0.5, 0.6) is 0 Å². The van der Waals surface area contributed by atoms with Crippen LogP contribution in [0.3, 0.4) is 0 Å². The molecule has 1 aromatic rings. The molecule has 68 valence electrons. The predicted octanol–water partition coefficient (Wildman–Crippen LogP) is 1.07. The summed E-state index contributed by atoms with van der Waals surface area (Å²) in [7, 11) is 1.25. The monoisotopic (exact) mass is 179 g/mol. The van der Waals surface area contributed by atoms with Gasteiger partial charge >= 0.3 is 5.97 Å². The molecule has 13 heavy (non-hydrogen) atoms.